The highest BCUT2D eigenvalue weighted by Crippen LogP contribution is 2.35. The molecule has 0 aromatic heterocycles. The van der Waals surface area contributed by atoms with Gasteiger partial charge in [-0.1, -0.05) is 30.3 Å². The van der Waals surface area contributed by atoms with E-state index in [-0.39, 0.29) is 12.8 Å². The predicted molar refractivity (Wildman–Crippen MR) is 77.4 cm³/mol. The van der Waals surface area contributed by atoms with Gasteiger partial charge in [0.15, 0.2) is 5.78 Å². The number of nitrogens with zero attached hydrogens (tertiary/aromatic N) is 1. The van der Waals surface area contributed by atoms with Gasteiger partial charge in [-0.15, -0.1) is 0 Å². The lowest BCUT2D eigenvalue weighted by Gasteiger charge is -2.25. The van der Waals surface area contributed by atoms with Crippen LogP contribution >= 0.6 is 25.3 Å². The Bertz CT molecular complexity index is 508. The Morgan fingerprint density at radius 3 is 2.37 bits per heavy atom. The number of benzene rings is 1. The predicted octanol–water partition coefficient (Wildman–Crippen LogP) is 2.43. The number of nitriles is 1. The molecule has 0 bridgehead atoms. The number of rotatable bonds is 6. The average molecular weight is 295 g/mol. The van der Waals surface area contributed by atoms with Gasteiger partial charge in [-0.3, -0.25) is 9.59 Å². The maximum absolute atomic E-state index is 12.3. The number of thiol groups is 2. The summed E-state index contributed by atoms with van der Waals surface area (Å²) in [4.78, 5) is 22.8. The van der Waals surface area contributed by atoms with Crippen LogP contribution in [0.25, 0.3) is 0 Å². The van der Waals surface area contributed by atoms with Crippen LogP contribution in [0.4, 0.5) is 0 Å². The van der Waals surface area contributed by atoms with Crippen LogP contribution in [0, 0.1) is 17.2 Å². The van der Waals surface area contributed by atoms with E-state index in [9.17, 15) is 9.59 Å². The Morgan fingerprint density at radius 2 is 1.89 bits per heavy atom. The topological polar surface area (TPSA) is 78.2 Å². The SMILES string of the molecule is N#CC(CCC(=O)O)C(S)(S)C(=O)c1ccccc1. The normalized spacial score (nSPS) is 12.5. The van der Waals surface area contributed by atoms with Crippen molar-refractivity contribution >= 4 is 37.0 Å². The zero-order chi connectivity index (χ0) is 14.5. The lowest BCUT2D eigenvalue weighted by molar-refractivity contribution is -0.137. The van der Waals surface area contributed by atoms with E-state index in [1.165, 1.54) is 0 Å². The highest BCUT2D eigenvalue weighted by Gasteiger charge is 2.39. The quantitative estimate of drug-likeness (QED) is 0.428. The molecule has 0 aliphatic heterocycles. The van der Waals surface area contributed by atoms with Crippen LogP contribution in [0.2, 0.25) is 0 Å². The molecule has 0 amide bonds. The van der Waals surface area contributed by atoms with Crippen molar-refractivity contribution in [3.05, 3.63) is 35.9 Å². The van der Waals surface area contributed by atoms with Crippen molar-refractivity contribution in [1.29, 1.82) is 5.26 Å². The highest BCUT2D eigenvalue weighted by molar-refractivity contribution is 8.02. The number of carboxylic acid groups (broad SMARTS) is 1. The van der Waals surface area contributed by atoms with Gasteiger partial charge in [0.1, 0.15) is 4.08 Å². The zero-order valence-electron chi connectivity index (χ0n) is 9.98. The molecule has 0 aliphatic rings. The number of carbonyl (C=O) groups is 2. The molecule has 0 spiro atoms. The van der Waals surface area contributed by atoms with Gasteiger partial charge in [0, 0.05) is 12.0 Å². The minimum atomic E-state index is -1.51. The first kappa shape index (κ1) is 15.6. The molecule has 1 aromatic rings. The summed E-state index contributed by atoms with van der Waals surface area (Å²) in [6, 6.07) is 10.3. The molecule has 1 atom stereocenters. The van der Waals surface area contributed by atoms with Crippen LogP contribution in [-0.2, 0) is 4.79 Å². The summed E-state index contributed by atoms with van der Waals surface area (Å²) in [6.45, 7) is 0. The molecule has 0 saturated carbocycles. The van der Waals surface area contributed by atoms with Crippen LogP contribution in [-0.4, -0.2) is 20.9 Å². The Hall–Kier alpha value is -1.45. The maximum atomic E-state index is 12.3. The standard InChI is InChI=1S/C13H13NO3S2/c14-8-10(6-7-11(15)16)13(18,19)12(17)9-4-2-1-3-5-9/h1-5,10,18-19H,6-7H2,(H,15,16). The van der Waals surface area contributed by atoms with Gasteiger partial charge in [0.05, 0.1) is 12.0 Å². The van der Waals surface area contributed by atoms with Gasteiger partial charge >= 0.3 is 5.97 Å². The van der Waals surface area contributed by atoms with E-state index in [2.05, 4.69) is 25.3 Å². The fourth-order valence-electron chi connectivity index (χ4n) is 1.58. The Balaban J connectivity index is 2.92. The summed E-state index contributed by atoms with van der Waals surface area (Å²) in [5.41, 5.74) is 0.392. The molecule has 0 saturated heterocycles. The second-order valence-corrected chi connectivity index (χ2v) is 5.80. The molecule has 6 heteroatoms. The molecule has 0 heterocycles. The third-order valence-corrected chi connectivity index (χ3v) is 3.69. The molecule has 19 heavy (non-hydrogen) atoms. The second kappa shape index (κ2) is 6.64. The van der Waals surface area contributed by atoms with Gasteiger partial charge in [-0.05, 0) is 6.42 Å². The third kappa shape index (κ3) is 4.01. The number of Topliss-reactive ketones (excluding diaryl/α,β-unsaturated/α-hetero) is 1. The summed E-state index contributed by atoms with van der Waals surface area (Å²) in [7, 11) is 0. The summed E-state index contributed by atoms with van der Waals surface area (Å²) in [5, 5.41) is 17.7. The van der Waals surface area contributed by atoms with Crippen molar-refractivity contribution in [2.75, 3.05) is 0 Å². The smallest absolute Gasteiger partial charge is 0.303 e. The lowest BCUT2D eigenvalue weighted by atomic mass is 9.94. The lowest BCUT2D eigenvalue weighted by Crippen LogP contribution is -2.35. The van der Waals surface area contributed by atoms with Crippen LogP contribution in [0.15, 0.2) is 30.3 Å². The Kier molecular flexibility index (Phi) is 5.45. The van der Waals surface area contributed by atoms with Crippen LogP contribution < -0.4 is 0 Å². The fraction of sp³-hybridized carbons (Fsp3) is 0.308. The minimum absolute atomic E-state index is 0.0252. The van der Waals surface area contributed by atoms with Gasteiger partial charge in [-0.2, -0.15) is 30.5 Å². The molecule has 0 radical (unpaired) electrons. The maximum Gasteiger partial charge on any atom is 0.303 e. The largest absolute Gasteiger partial charge is 0.481 e. The molecular formula is C13H13NO3S2. The Morgan fingerprint density at radius 1 is 1.32 bits per heavy atom. The van der Waals surface area contributed by atoms with E-state index in [1.54, 1.807) is 30.3 Å². The average Bonchev–Trinajstić information content (AvgIpc) is 2.39. The van der Waals surface area contributed by atoms with Crippen LogP contribution in [0.5, 0.6) is 0 Å². The molecule has 1 rings (SSSR count). The number of hydrogen-bond donors (Lipinski definition) is 3. The highest BCUT2D eigenvalue weighted by atomic mass is 32.2. The third-order valence-electron chi connectivity index (χ3n) is 2.66. The van der Waals surface area contributed by atoms with Crippen LogP contribution in [0.3, 0.4) is 0 Å². The molecule has 1 N–H and O–H groups in total. The number of carboxylic acids is 1. The van der Waals surface area contributed by atoms with E-state index in [1.807, 2.05) is 6.07 Å². The number of aliphatic carboxylic acids is 1. The minimum Gasteiger partial charge on any atom is -0.481 e. The summed E-state index contributed by atoms with van der Waals surface area (Å²) >= 11 is 8.34. The van der Waals surface area contributed by atoms with Gasteiger partial charge in [0.25, 0.3) is 0 Å². The first-order chi connectivity index (χ1) is 8.89. The Labute approximate surface area is 122 Å². The van der Waals surface area contributed by atoms with Gasteiger partial charge in [-0.25, -0.2) is 0 Å². The molecular weight excluding hydrogens is 282 g/mol. The molecule has 0 aliphatic carbocycles. The van der Waals surface area contributed by atoms with Crippen molar-refractivity contribution in [3.63, 3.8) is 0 Å². The first-order valence-corrected chi connectivity index (χ1v) is 6.45. The van der Waals surface area contributed by atoms with Crippen molar-refractivity contribution < 1.29 is 14.7 Å². The fourth-order valence-corrected chi connectivity index (χ4v) is 2.22. The summed E-state index contributed by atoms with van der Waals surface area (Å²) in [5.74, 6) is -2.32. The van der Waals surface area contributed by atoms with E-state index >= 15 is 0 Å². The van der Waals surface area contributed by atoms with Crippen molar-refractivity contribution in [2.45, 2.75) is 16.9 Å². The van der Waals surface area contributed by atoms with Crippen molar-refractivity contribution in [3.8, 4) is 6.07 Å². The summed E-state index contributed by atoms with van der Waals surface area (Å²) in [6.07, 6.45) is -0.180. The van der Waals surface area contributed by atoms with E-state index < -0.39 is 21.7 Å². The van der Waals surface area contributed by atoms with E-state index in [0.717, 1.165) is 0 Å². The molecule has 0 fully saturated rings. The van der Waals surface area contributed by atoms with E-state index in [4.69, 9.17) is 10.4 Å². The van der Waals surface area contributed by atoms with Gasteiger partial charge in [0.2, 0.25) is 0 Å². The monoisotopic (exact) mass is 295 g/mol. The van der Waals surface area contributed by atoms with Crippen molar-refractivity contribution in [2.24, 2.45) is 5.92 Å². The molecule has 1 aromatic carbocycles. The number of ketones is 1. The molecule has 100 valence electrons. The van der Waals surface area contributed by atoms with Crippen molar-refractivity contribution in [1.82, 2.24) is 0 Å². The zero-order valence-corrected chi connectivity index (χ0v) is 11.8. The molecule has 4 nitrogen and oxygen atoms in total. The number of hydrogen-bond acceptors (Lipinski definition) is 5. The first-order valence-electron chi connectivity index (χ1n) is 5.55. The molecule has 1 unspecified atom stereocenters. The second-order valence-electron chi connectivity index (χ2n) is 4.04. The number of carbonyl (C=O) groups excluding carboxylic acids is 1. The summed E-state index contributed by atoms with van der Waals surface area (Å²) < 4.78 is -1.51. The van der Waals surface area contributed by atoms with Gasteiger partial charge < -0.3 is 5.11 Å². The van der Waals surface area contributed by atoms with Crippen LogP contribution in [0.1, 0.15) is 23.2 Å². The van der Waals surface area contributed by atoms with E-state index in [0.29, 0.717) is 5.56 Å².